The van der Waals surface area contributed by atoms with Gasteiger partial charge in [0.15, 0.2) is 0 Å². The van der Waals surface area contributed by atoms with Crippen molar-refractivity contribution < 1.29 is 4.52 Å². The summed E-state index contributed by atoms with van der Waals surface area (Å²) in [6, 6.07) is 0. The van der Waals surface area contributed by atoms with Crippen molar-refractivity contribution >= 4 is 0 Å². The Hall–Kier alpha value is -1.58. The smallest absolute Gasteiger partial charge is 0.145 e. The van der Waals surface area contributed by atoms with Crippen molar-refractivity contribution in [3.63, 3.8) is 0 Å². The molecule has 19 heavy (non-hydrogen) atoms. The molecule has 4 rings (SSSR count). The van der Waals surface area contributed by atoms with Gasteiger partial charge in [0.05, 0.1) is 12.4 Å². The summed E-state index contributed by atoms with van der Waals surface area (Å²) in [6.07, 6.45) is 7.18. The van der Waals surface area contributed by atoms with Crippen LogP contribution >= 0.6 is 0 Å². The molecule has 4 nitrogen and oxygen atoms in total. The van der Waals surface area contributed by atoms with Crippen LogP contribution in [0.5, 0.6) is 0 Å². The average molecular weight is 257 g/mol. The Kier molecular flexibility index (Phi) is 1.95. The van der Waals surface area contributed by atoms with Gasteiger partial charge >= 0.3 is 0 Å². The topological polar surface area (TPSA) is 54.7 Å². The van der Waals surface area contributed by atoms with Gasteiger partial charge in [-0.05, 0) is 30.7 Å². The lowest BCUT2D eigenvalue weighted by molar-refractivity contribution is 0.109. The second kappa shape index (κ2) is 3.30. The van der Waals surface area contributed by atoms with E-state index in [9.17, 15) is 0 Å². The third-order valence-electron chi connectivity index (χ3n) is 5.42. The second-order valence-electron chi connectivity index (χ2n) is 6.86. The van der Waals surface area contributed by atoms with Crippen LogP contribution in [-0.2, 0) is 23.7 Å². The van der Waals surface area contributed by atoms with Gasteiger partial charge in [0.2, 0.25) is 0 Å². The van der Waals surface area contributed by atoms with Crippen LogP contribution in [0.4, 0.5) is 0 Å². The summed E-state index contributed by atoms with van der Waals surface area (Å²) >= 11 is 0. The van der Waals surface area contributed by atoms with E-state index in [4.69, 9.17) is 4.52 Å². The van der Waals surface area contributed by atoms with Crippen LogP contribution in [0.2, 0.25) is 0 Å². The van der Waals surface area contributed by atoms with Gasteiger partial charge in [-0.25, -0.2) is 0 Å². The first-order valence-corrected chi connectivity index (χ1v) is 7.00. The maximum Gasteiger partial charge on any atom is 0.145 e. The molecule has 4 heteroatoms. The minimum atomic E-state index is 0.0294. The van der Waals surface area contributed by atoms with Crippen LogP contribution < -0.4 is 0 Å². The summed E-state index contributed by atoms with van der Waals surface area (Å²) in [7, 11) is 0. The summed E-state index contributed by atoms with van der Waals surface area (Å²) in [5, 5.41) is 11.6. The minimum absolute atomic E-state index is 0.0294. The molecular weight excluding hydrogens is 238 g/mol. The highest BCUT2D eigenvalue weighted by molar-refractivity contribution is 5.40. The molecule has 0 fully saturated rings. The van der Waals surface area contributed by atoms with Crippen molar-refractivity contribution in [1.29, 1.82) is 0 Å². The Morgan fingerprint density at radius 2 is 2.11 bits per heavy atom. The van der Waals surface area contributed by atoms with Crippen LogP contribution in [0.1, 0.15) is 49.8 Å². The Labute approximate surface area is 112 Å². The highest BCUT2D eigenvalue weighted by atomic mass is 16.5. The first kappa shape index (κ1) is 11.3. The molecule has 0 spiro atoms. The molecule has 0 radical (unpaired) electrons. The number of aryl methyl sites for hydroxylation is 1. The van der Waals surface area contributed by atoms with E-state index in [0.29, 0.717) is 5.92 Å². The molecule has 2 atom stereocenters. The number of rotatable bonds is 0. The van der Waals surface area contributed by atoms with Gasteiger partial charge in [0.1, 0.15) is 5.76 Å². The van der Waals surface area contributed by atoms with Gasteiger partial charge in [-0.15, -0.1) is 0 Å². The van der Waals surface area contributed by atoms with Crippen molar-refractivity contribution in [2.24, 2.45) is 5.92 Å². The van der Waals surface area contributed by atoms with Crippen molar-refractivity contribution in [2.45, 2.75) is 50.9 Å². The molecule has 1 N–H and O–H groups in total. The monoisotopic (exact) mass is 257 g/mol. The number of H-pyrrole nitrogens is 1. The molecule has 100 valence electrons. The number of hydrogen-bond donors (Lipinski definition) is 1. The molecule has 0 bridgehead atoms. The molecule has 2 aliphatic carbocycles. The second-order valence-corrected chi connectivity index (χ2v) is 6.86. The molecule has 2 aromatic rings. The standard InChI is InChI=1S/C15H19N3O/c1-14(2)11-5-4-9-7-16-18-12(9)15(11,3)6-10-8-17-19-13(10)14/h7-8,11H,4-6H2,1-3H3,(H,16,18)/t11-,15?/m0/s1. The Morgan fingerprint density at radius 1 is 1.26 bits per heavy atom. The van der Waals surface area contributed by atoms with Crippen molar-refractivity contribution in [1.82, 2.24) is 15.4 Å². The lowest BCUT2D eigenvalue weighted by Crippen LogP contribution is -2.51. The van der Waals surface area contributed by atoms with Gasteiger partial charge in [-0.1, -0.05) is 25.9 Å². The van der Waals surface area contributed by atoms with E-state index in [1.54, 1.807) is 0 Å². The molecule has 1 unspecified atom stereocenters. The molecule has 2 aromatic heterocycles. The fraction of sp³-hybridized carbons (Fsp3) is 0.600. The summed E-state index contributed by atoms with van der Waals surface area (Å²) in [4.78, 5) is 0. The number of aromatic amines is 1. The van der Waals surface area contributed by atoms with Crippen molar-refractivity contribution in [3.05, 3.63) is 35.0 Å². The van der Waals surface area contributed by atoms with Crippen molar-refractivity contribution in [3.8, 4) is 0 Å². The number of nitrogens with zero attached hydrogens (tertiary/aromatic N) is 2. The van der Waals surface area contributed by atoms with Gasteiger partial charge < -0.3 is 4.52 Å². The van der Waals surface area contributed by atoms with Crippen LogP contribution in [0.3, 0.4) is 0 Å². The summed E-state index contributed by atoms with van der Waals surface area (Å²) in [5.74, 6) is 1.64. The zero-order chi connectivity index (χ0) is 13.3. The quantitative estimate of drug-likeness (QED) is 0.789. The van der Waals surface area contributed by atoms with E-state index >= 15 is 0 Å². The molecule has 0 saturated heterocycles. The van der Waals surface area contributed by atoms with E-state index in [1.165, 1.54) is 23.2 Å². The third kappa shape index (κ3) is 1.24. The van der Waals surface area contributed by atoms with Gasteiger partial charge in [-0.2, -0.15) is 5.10 Å². The maximum absolute atomic E-state index is 5.56. The average Bonchev–Trinajstić information content (AvgIpc) is 2.96. The predicted octanol–water partition coefficient (Wildman–Crippen LogP) is 2.75. The minimum Gasteiger partial charge on any atom is -0.361 e. The van der Waals surface area contributed by atoms with Crippen LogP contribution in [0, 0.1) is 5.92 Å². The molecule has 2 aliphatic rings. The highest BCUT2D eigenvalue weighted by Gasteiger charge is 2.54. The molecule has 2 heterocycles. The number of hydrogen-bond acceptors (Lipinski definition) is 3. The van der Waals surface area contributed by atoms with E-state index in [1.807, 2.05) is 12.4 Å². The largest absolute Gasteiger partial charge is 0.361 e. The Bertz CT molecular complexity index is 639. The van der Waals surface area contributed by atoms with Gasteiger partial charge in [0, 0.05) is 22.1 Å². The zero-order valence-electron chi connectivity index (χ0n) is 11.7. The van der Waals surface area contributed by atoms with Crippen LogP contribution in [0.25, 0.3) is 0 Å². The van der Waals surface area contributed by atoms with Crippen LogP contribution in [-0.4, -0.2) is 15.4 Å². The van der Waals surface area contributed by atoms with E-state index < -0.39 is 0 Å². The summed E-state index contributed by atoms with van der Waals surface area (Å²) < 4.78 is 5.56. The SMILES string of the molecule is CC1(C)c2oncc2CC2(C)c3[nH]ncc3CC[C@@H]12. The van der Waals surface area contributed by atoms with Gasteiger partial charge in [0.25, 0.3) is 0 Å². The third-order valence-corrected chi connectivity index (χ3v) is 5.42. The molecule has 0 amide bonds. The molecule has 0 aromatic carbocycles. The molecular formula is C15H19N3O. The Balaban J connectivity index is 1.95. The van der Waals surface area contributed by atoms with E-state index in [2.05, 4.69) is 36.1 Å². The summed E-state index contributed by atoms with van der Waals surface area (Å²) in [6.45, 7) is 6.95. The lowest BCUT2D eigenvalue weighted by Gasteiger charge is -2.51. The fourth-order valence-electron chi connectivity index (χ4n) is 4.63. The maximum atomic E-state index is 5.56. The lowest BCUT2D eigenvalue weighted by atomic mass is 9.52. The van der Waals surface area contributed by atoms with Crippen molar-refractivity contribution in [2.75, 3.05) is 0 Å². The van der Waals surface area contributed by atoms with E-state index in [-0.39, 0.29) is 10.8 Å². The highest BCUT2D eigenvalue weighted by Crippen LogP contribution is 2.55. The normalized spacial score (nSPS) is 31.4. The number of nitrogens with one attached hydrogen (secondary N) is 1. The number of aromatic nitrogens is 3. The van der Waals surface area contributed by atoms with E-state index in [0.717, 1.165) is 18.6 Å². The molecule has 0 saturated carbocycles. The van der Waals surface area contributed by atoms with Gasteiger partial charge in [-0.3, -0.25) is 5.10 Å². The summed E-state index contributed by atoms with van der Waals surface area (Å²) in [5.41, 5.74) is 4.11. The first-order chi connectivity index (χ1) is 9.03. The fourth-order valence-corrected chi connectivity index (χ4v) is 4.63. The Morgan fingerprint density at radius 3 is 2.95 bits per heavy atom. The number of fused-ring (bicyclic) bond motifs is 4. The molecule has 0 aliphatic heterocycles. The van der Waals surface area contributed by atoms with Crippen LogP contribution in [0.15, 0.2) is 16.9 Å². The first-order valence-electron chi connectivity index (χ1n) is 7.00. The zero-order valence-corrected chi connectivity index (χ0v) is 11.7. The predicted molar refractivity (Wildman–Crippen MR) is 71.0 cm³/mol.